The lowest BCUT2D eigenvalue weighted by molar-refractivity contribution is 0.288. The van der Waals surface area contributed by atoms with Crippen molar-refractivity contribution in [2.75, 3.05) is 6.54 Å². The molecule has 1 aliphatic carbocycles. The number of nitrogens with two attached hydrogens (primary N) is 1. The van der Waals surface area contributed by atoms with Gasteiger partial charge in [0.25, 0.3) is 0 Å². The largest absolute Gasteiger partial charge is 0.341 e. The van der Waals surface area contributed by atoms with E-state index in [1.54, 1.807) is 0 Å². The first-order chi connectivity index (χ1) is 9.14. The number of aromatic amines is 1. The molecular formula is C14H17Cl2N3. The number of hydrogen-bond donors (Lipinski definition) is 2. The minimum Gasteiger partial charge on any atom is -0.341 e. The average Bonchev–Trinajstić information content (AvgIpc) is 2.83. The van der Waals surface area contributed by atoms with E-state index in [0.29, 0.717) is 16.6 Å². The Morgan fingerprint density at radius 2 is 1.84 bits per heavy atom. The number of nitrogens with zero attached hydrogens (tertiary/aromatic N) is 1. The van der Waals surface area contributed by atoms with E-state index in [4.69, 9.17) is 33.9 Å². The van der Waals surface area contributed by atoms with E-state index < -0.39 is 0 Å². The molecule has 0 aliphatic heterocycles. The molecular weight excluding hydrogens is 281 g/mol. The minimum absolute atomic E-state index is 0.00375. The Balaban J connectivity index is 2.09. The van der Waals surface area contributed by atoms with Gasteiger partial charge in [0.2, 0.25) is 0 Å². The number of fused-ring (bicyclic) bond motifs is 1. The first-order valence-corrected chi connectivity index (χ1v) is 7.45. The third-order valence-electron chi connectivity index (χ3n) is 4.23. The topological polar surface area (TPSA) is 54.7 Å². The van der Waals surface area contributed by atoms with Crippen LogP contribution in [0.3, 0.4) is 0 Å². The van der Waals surface area contributed by atoms with Crippen LogP contribution >= 0.6 is 23.2 Å². The predicted molar refractivity (Wildman–Crippen MR) is 79.9 cm³/mol. The van der Waals surface area contributed by atoms with Gasteiger partial charge in [-0.3, -0.25) is 0 Å². The van der Waals surface area contributed by atoms with Crippen LogP contribution in [0.2, 0.25) is 10.0 Å². The second-order valence-corrected chi connectivity index (χ2v) is 6.23. The van der Waals surface area contributed by atoms with Crippen LogP contribution < -0.4 is 5.73 Å². The summed E-state index contributed by atoms with van der Waals surface area (Å²) in [5, 5.41) is 1.09. The van der Waals surface area contributed by atoms with Crippen LogP contribution in [0.15, 0.2) is 12.1 Å². The maximum Gasteiger partial charge on any atom is 0.114 e. The van der Waals surface area contributed by atoms with Crippen LogP contribution in [0.25, 0.3) is 11.0 Å². The molecule has 1 heterocycles. The molecule has 1 fully saturated rings. The number of benzene rings is 1. The molecule has 0 atom stereocenters. The van der Waals surface area contributed by atoms with Crippen LogP contribution in [0.4, 0.5) is 0 Å². The summed E-state index contributed by atoms with van der Waals surface area (Å²) >= 11 is 12.1. The lowest BCUT2D eigenvalue weighted by Crippen LogP contribution is -2.38. The summed E-state index contributed by atoms with van der Waals surface area (Å²) in [6, 6.07) is 3.65. The van der Waals surface area contributed by atoms with E-state index in [-0.39, 0.29) is 5.41 Å². The van der Waals surface area contributed by atoms with Gasteiger partial charge >= 0.3 is 0 Å². The highest BCUT2D eigenvalue weighted by Crippen LogP contribution is 2.38. The summed E-state index contributed by atoms with van der Waals surface area (Å²) in [6.07, 6.45) is 5.93. The van der Waals surface area contributed by atoms with Crippen LogP contribution in [-0.2, 0) is 5.41 Å². The maximum absolute atomic E-state index is 6.05. The molecule has 2 aromatic rings. The molecule has 5 heteroatoms. The van der Waals surface area contributed by atoms with Crippen molar-refractivity contribution in [2.45, 2.75) is 37.5 Å². The molecule has 1 aromatic carbocycles. The van der Waals surface area contributed by atoms with Gasteiger partial charge in [0.1, 0.15) is 5.82 Å². The van der Waals surface area contributed by atoms with Crippen molar-refractivity contribution in [1.29, 1.82) is 0 Å². The Morgan fingerprint density at radius 3 is 2.53 bits per heavy atom. The number of nitrogens with one attached hydrogen (secondary N) is 1. The Kier molecular flexibility index (Phi) is 3.46. The molecule has 19 heavy (non-hydrogen) atoms. The molecule has 0 spiro atoms. The van der Waals surface area contributed by atoms with Crippen LogP contribution in [-0.4, -0.2) is 16.5 Å². The van der Waals surface area contributed by atoms with Gasteiger partial charge in [0, 0.05) is 12.0 Å². The highest BCUT2D eigenvalue weighted by molar-refractivity contribution is 6.42. The average molecular weight is 298 g/mol. The molecule has 0 bridgehead atoms. The summed E-state index contributed by atoms with van der Waals surface area (Å²) in [6.45, 7) is 0.633. The lowest BCUT2D eigenvalue weighted by atomic mass is 9.73. The van der Waals surface area contributed by atoms with Gasteiger partial charge in [-0.1, -0.05) is 42.5 Å². The highest BCUT2D eigenvalue weighted by Gasteiger charge is 2.35. The van der Waals surface area contributed by atoms with Crippen molar-refractivity contribution in [2.24, 2.45) is 5.73 Å². The van der Waals surface area contributed by atoms with E-state index in [1.807, 2.05) is 12.1 Å². The number of imidazole rings is 1. The third kappa shape index (κ3) is 2.24. The van der Waals surface area contributed by atoms with Gasteiger partial charge < -0.3 is 10.7 Å². The second kappa shape index (κ2) is 4.97. The van der Waals surface area contributed by atoms with Crippen LogP contribution in [0, 0.1) is 0 Å². The standard InChI is InChI=1S/C14H17Cl2N3/c15-9-6-11-12(7-10(9)16)19-13(18-11)14(8-17)4-2-1-3-5-14/h6-7H,1-5,8,17H2,(H,18,19). The van der Waals surface area contributed by atoms with Crippen molar-refractivity contribution in [1.82, 2.24) is 9.97 Å². The van der Waals surface area contributed by atoms with Crippen molar-refractivity contribution in [3.05, 3.63) is 28.0 Å². The third-order valence-corrected chi connectivity index (χ3v) is 4.95. The van der Waals surface area contributed by atoms with E-state index in [0.717, 1.165) is 29.7 Å². The zero-order valence-electron chi connectivity index (χ0n) is 10.7. The Morgan fingerprint density at radius 1 is 1.16 bits per heavy atom. The number of hydrogen-bond acceptors (Lipinski definition) is 2. The molecule has 1 saturated carbocycles. The van der Waals surface area contributed by atoms with Gasteiger partial charge in [0.05, 0.1) is 21.1 Å². The van der Waals surface area contributed by atoms with E-state index in [1.165, 1.54) is 19.3 Å². The molecule has 0 radical (unpaired) electrons. The fourth-order valence-corrected chi connectivity index (χ4v) is 3.34. The molecule has 0 saturated heterocycles. The molecule has 0 unspecified atom stereocenters. The summed E-state index contributed by atoms with van der Waals surface area (Å²) in [4.78, 5) is 8.09. The summed E-state index contributed by atoms with van der Waals surface area (Å²) < 4.78 is 0. The van der Waals surface area contributed by atoms with Crippen LogP contribution in [0.5, 0.6) is 0 Å². The zero-order chi connectivity index (χ0) is 13.5. The summed E-state index contributed by atoms with van der Waals surface area (Å²) in [7, 11) is 0. The molecule has 0 amide bonds. The van der Waals surface area contributed by atoms with E-state index in [2.05, 4.69) is 4.98 Å². The van der Waals surface area contributed by atoms with Gasteiger partial charge in [-0.2, -0.15) is 0 Å². The van der Waals surface area contributed by atoms with Crippen molar-refractivity contribution in [3.8, 4) is 0 Å². The Hall–Kier alpha value is -0.770. The van der Waals surface area contributed by atoms with Crippen LogP contribution in [0.1, 0.15) is 37.9 Å². The van der Waals surface area contributed by atoms with Crippen molar-refractivity contribution in [3.63, 3.8) is 0 Å². The molecule has 3 nitrogen and oxygen atoms in total. The maximum atomic E-state index is 6.05. The number of aromatic nitrogens is 2. The van der Waals surface area contributed by atoms with Gasteiger partial charge in [-0.05, 0) is 25.0 Å². The molecule has 3 N–H and O–H groups in total. The molecule has 3 rings (SSSR count). The number of halogens is 2. The quantitative estimate of drug-likeness (QED) is 0.879. The Labute approximate surface area is 122 Å². The van der Waals surface area contributed by atoms with Gasteiger partial charge in [-0.25, -0.2) is 4.98 Å². The van der Waals surface area contributed by atoms with Crippen molar-refractivity contribution >= 4 is 34.2 Å². The molecule has 102 valence electrons. The molecule has 1 aliphatic rings. The van der Waals surface area contributed by atoms with Crippen molar-refractivity contribution < 1.29 is 0 Å². The fourth-order valence-electron chi connectivity index (χ4n) is 3.02. The first-order valence-electron chi connectivity index (χ1n) is 6.70. The monoisotopic (exact) mass is 297 g/mol. The number of rotatable bonds is 2. The molecule has 1 aromatic heterocycles. The fraction of sp³-hybridized carbons (Fsp3) is 0.500. The predicted octanol–water partition coefficient (Wildman–Crippen LogP) is 4.03. The van der Waals surface area contributed by atoms with Gasteiger partial charge in [0.15, 0.2) is 0 Å². The van der Waals surface area contributed by atoms with E-state index >= 15 is 0 Å². The zero-order valence-corrected chi connectivity index (χ0v) is 12.2. The van der Waals surface area contributed by atoms with Gasteiger partial charge in [-0.15, -0.1) is 0 Å². The Bertz CT molecular complexity index is 561. The van der Waals surface area contributed by atoms with E-state index in [9.17, 15) is 0 Å². The SMILES string of the molecule is NCC1(c2nc3cc(Cl)c(Cl)cc3[nH]2)CCCCC1. The summed E-state index contributed by atoms with van der Waals surface area (Å²) in [5.41, 5.74) is 7.83. The second-order valence-electron chi connectivity index (χ2n) is 5.41. The summed E-state index contributed by atoms with van der Waals surface area (Å²) in [5.74, 6) is 0.989. The smallest absolute Gasteiger partial charge is 0.114 e. The lowest BCUT2D eigenvalue weighted by Gasteiger charge is -2.34. The normalized spacial score (nSPS) is 18.9. The highest BCUT2D eigenvalue weighted by atomic mass is 35.5. The first kappa shape index (κ1) is 13.2. The minimum atomic E-state index is -0.00375. The number of H-pyrrole nitrogens is 1.